The minimum atomic E-state index is -0.314. The van der Waals surface area contributed by atoms with Crippen molar-refractivity contribution in [3.8, 4) is 0 Å². The van der Waals surface area contributed by atoms with Crippen LogP contribution >= 0.6 is 11.3 Å². The number of hydrogen-bond acceptors (Lipinski definition) is 7. The molecule has 2 aromatic heterocycles. The molecule has 0 saturated heterocycles. The van der Waals surface area contributed by atoms with E-state index in [1.165, 1.54) is 23.0 Å². The highest BCUT2D eigenvalue weighted by molar-refractivity contribution is 7.13. The summed E-state index contributed by atoms with van der Waals surface area (Å²) in [5.74, 6) is 0.134. The molecular formula is C19H20N6O2S. The summed E-state index contributed by atoms with van der Waals surface area (Å²) in [4.78, 5) is 30.5. The summed E-state index contributed by atoms with van der Waals surface area (Å²) in [7, 11) is 1.77. The van der Waals surface area contributed by atoms with Crippen LogP contribution < -0.4 is 15.5 Å². The summed E-state index contributed by atoms with van der Waals surface area (Å²) in [5, 5.41) is 13.5. The lowest BCUT2D eigenvalue weighted by Gasteiger charge is -2.19. The van der Waals surface area contributed by atoms with Gasteiger partial charge in [-0.1, -0.05) is 29.5 Å². The predicted molar refractivity (Wildman–Crippen MR) is 110 cm³/mol. The first-order chi connectivity index (χ1) is 13.4. The third-order valence-corrected chi connectivity index (χ3v) is 4.71. The Morgan fingerprint density at radius 2 is 1.86 bits per heavy atom. The van der Waals surface area contributed by atoms with Gasteiger partial charge in [-0.15, -0.1) is 10.2 Å². The number of likely N-dealkylation sites (N-methyl/N-ethyl adjacent to an activating group) is 1. The lowest BCUT2D eigenvalue weighted by atomic mass is 10.1. The van der Waals surface area contributed by atoms with Crippen LogP contribution in [0.15, 0.2) is 42.0 Å². The van der Waals surface area contributed by atoms with E-state index in [1.54, 1.807) is 24.1 Å². The van der Waals surface area contributed by atoms with Crippen LogP contribution in [0.4, 0.5) is 16.6 Å². The number of hydrogen-bond donors (Lipinski definition) is 2. The molecule has 0 bridgehead atoms. The van der Waals surface area contributed by atoms with E-state index in [-0.39, 0.29) is 18.4 Å². The molecule has 0 aliphatic carbocycles. The van der Waals surface area contributed by atoms with Crippen molar-refractivity contribution < 1.29 is 9.59 Å². The summed E-state index contributed by atoms with van der Waals surface area (Å²) >= 11 is 1.24. The SMILES string of the molecule is Cc1cccc(C)c1NC(=O)CN(C)c1ccc(C(=O)Nc2nncs2)cn1. The van der Waals surface area contributed by atoms with Crippen LogP contribution in [0.2, 0.25) is 0 Å². The maximum Gasteiger partial charge on any atom is 0.259 e. The van der Waals surface area contributed by atoms with E-state index in [0.717, 1.165) is 16.8 Å². The van der Waals surface area contributed by atoms with Crippen molar-refractivity contribution in [1.82, 2.24) is 15.2 Å². The van der Waals surface area contributed by atoms with Crippen LogP contribution in [0.3, 0.4) is 0 Å². The van der Waals surface area contributed by atoms with Gasteiger partial charge in [-0.3, -0.25) is 14.9 Å². The van der Waals surface area contributed by atoms with Crippen LogP contribution in [0.25, 0.3) is 0 Å². The van der Waals surface area contributed by atoms with Crippen molar-refractivity contribution in [3.63, 3.8) is 0 Å². The van der Waals surface area contributed by atoms with Crippen molar-refractivity contribution in [2.75, 3.05) is 29.1 Å². The van der Waals surface area contributed by atoms with Crippen molar-refractivity contribution >= 4 is 39.8 Å². The van der Waals surface area contributed by atoms with Gasteiger partial charge in [0.1, 0.15) is 11.3 Å². The van der Waals surface area contributed by atoms with Crippen LogP contribution in [0.1, 0.15) is 21.5 Å². The molecule has 0 saturated carbocycles. The first-order valence-electron chi connectivity index (χ1n) is 8.55. The predicted octanol–water partition coefficient (Wildman–Crippen LogP) is 2.88. The van der Waals surface area contributed by atoms with Gasteiger partial charge in [-0.2, -0.15) is 0 Å². The summed E-state index contributed by atoms with van der Waals surface area (Å²) in [6.07, 6.45) is 1.46. The normalized spacial score (nSPS) is 10.4. The van der Waals surface area contributed by atoms with Gasteiger partial charge < -0.3 is 10.2 Å². The molecule has 0 unspecified atom stereocenters. The lowest BCUT2D eigenvalue weighted by molar-refractivity contribution is -0.114. The Kier molecular flexibility index (Phi) is 5.95. The Balaban J connectivity index is 1.60. The highest BCUT2D eigenvalue weighted by Gasteiger charge is 2.13. The molecule has 3 aromatic rings. The Morgan fingerprint density at radius 1 is 1.11 bits per heavy atom. The van der Waals surface area contributed by atoms with Gasteiger partial charge in [0.15, 0.2) is 0 Å². The Bertz CT molecular complexity index is 952. The van der Waals surface area contributed by atoms with E-state index in [4.69, 9.17) is 0 Å². The van der Waals surface area contributed by atoms with E-state index >= 15 is 0 Å². The van der Waals surface area contributed by atoms with Crippen molar-refractivity contribution in [2.45, 2.75) is 13.8 Å². The largest absolute Gasteiger partial charge is 0.350 e. The van der Waals surface area contributed by atoms with Gasteiger partial charge in [-0.25, -0.2) is 4.98 Å². The first-order valence-corrected chi connectivity index (χ1v) is 9.43. The first kappa shape index (κ1) is 19.4. The zero-order valence-corrected chi connectivity index (χ0v) is 16.6. The molecule has 2 heterocycles. The number of nitrogens with zero attached hydrogens (tertiary/aromatic N) is 4. The molecule has 2 amide bonds. The second-order valence-electron chi connectivity index (χ2n) is 6.27. The smallest absolute Gasteiger partial charge is 0.259 e. The molecule has 28 heavy (non-hydrogen) atoms. The molecular weight excluding hydrogens is 376 g/mol. The third-order valence-electron chi connectivity index (χ3n) is 4.11. The van der Waals surface area contributed by atoms with Gasteiger partial charge >= 0.3 is 0 Å². The highest BCUT2D eigenvalue weighted by atomic mass is 32.1. The van der Waals surface area contributed by atoms with E-state index in [2.05, 4.69) is 25.8 Å². The second kappa shape index (κ2) is 8.57. The molecule has 0 radical (unpaired) electrons. The maximum absolute atomic E-state index is 12.4. The molecule has 0 aliphatic rings. The van der Waals surface area contributed by atoms with E-state index in [1.807, 2.05) is 32.0 Å². The van der Waals surface area contributed by atoms with Gasteiger partial charge in [0.2, 0.25) is 11.0 Å². The molecule has 3 rings (SSSR count). The van der Waals surface area contributed by atoms with E-state index in [9.17, 15) is 9.59 Å². The summed E-state index contributed by atoms with van der Waals surface area (Å²) in [5.41, 5.74) is 4.79. The van der Waals surface area contributed by atoms with Crippen molar-refractivity contribution in [1.29, 1.82) is 0 Å². The molecule has 0 aliphatic heterocycles. The van der Waals surface area contributed by atoms with Crippen molar-refractivity contribution in [2.24, 2.45) is 0 Å². The lowest BCUT2D eigenvalue weighted by Crippen LogP contribution is -2.31. The number of carbonyl (C=O) groups excluding carboxylic acids is 2. The number of amides is 2. The number of rotatable bonds is 6. The fraction of sp³-hybridized carbons (Fsp3) is 0.211. The van der Waals surface area contributed by atoms with Crippen LogP contribution in [0.5, 0.6) is 0 Å². The van der Waals surface area contributed by atoms with Gasteiger partial charge in [0, 0.05) is 18.9 Å². The quantitative estimate of drug-likeness (QED) is 0.665. The summed E-state index contributed by atoms with van der Waals surface area (Å²) in [6.45, 7) is 4.05. The standard InChI is InChI=1S/C19H20N6O2S/c1-12-5-4-6-13(2)17(12)22-16(26)10-25(3)15-8-7-14(9-20-15)18(27)23-19-24-21-11-28-19/h4-9,11H,10H2,1-3H3,(H,22,26)(H,23,24,27). The molecule has 1 aromatic carbocycles. The maximum atomic E-state index is 12.4. The number of anilines is 3. The summed E-state index contributed by atoms with van der Waals surface area (Å²) < 4.78 is 0. The number of carbonyl (C=O) groups is 2. The van der Waals surface area contributed by atoms with Gasteiger partial charge in [-0.05, 0) is 37.1 Å². The van der Waals surface area contributed by atoms with Crippen LogP contribution in [0, 0.1) is 13.8 Å². The summed E-state index contributed by atoms with van der Waals surface area (Å²) in [6, 6.07) is 9.22. The van der Waals surface area contributed by atoms with Crippen LogP contribution in [-0.2, 0) is 4.79 Å². The number of aryl methyl sites for hydroxylation is 2. The minimum absolute atomic E-state index is 0.136. The Labute approximate surface area is 166 Å². The van der Waals surface area contributed by atoms with E-state index < -0.39 is 0 Å². The number of nitrogens with one attached hydrogen (secondary N) is 2. The monoisotopic (exact) mass is 396 g/mol. The van der Waals surface area contributed by atoms with Gasteiger partial charge in [0.25, 0.3) is 5.91 Å². The topological polar surface area (TPSA) is 100 Å². The highest BCUT2D eigenvalue weighted by Crippen LogP contribution is 2.19. The van der Waals surface area contributed by atoms with Crippen molar-refractivity contribution in [3.05, 3.63) is 58.7 Å². The Hall–Kier alpha value is -3.33. The Morgan fingerprint density at radius 3 is 2.46 bits per heavy atom. The fourth-order valence-electron chi connectivity index (χ4n) is 2.63. The number of benzene rings is 1. The molecule has 0 spiro atoms. The van der Waals surface area contributed by atoms with Crippen LogP contribution in [-0.4, -0.2) is 40.6 Å². The second-order valence-corrected chi connectivity index (χ2v) is 7.11. The number of pyridine rings is 1. The molecule has 2 N–H and O–H groups in total. The molecule has 8 nitrogen and oxygen atoms in total. The molecule has 0 atom stereocenters. The zero-order chi connectivity index (χ0) is 20.1. The number of para-hydroxylation sites is 1. The van der Waals surface area contributed by atoms with E-state index in [0.29, 0.717) is 16.5 Å². The number of aromatic nitrogens is 3. The molecule has 144 valence electrons. The third kappa shape index (κ3) is 4.68. The average Bonchev–Trinajstić information content (AvgIpc) is 3.18. The minimum Gasteiger partial charge on any atom is -0.350 e. The zero-order valence-electron chi connectivity index (χ0n) is 15.8. The van der Waals surface area contributed by atoms with Gasteiger partial charge in [0.05, 0.1) is 12.1 Å². The molecule has 9 heteroatoms. The molecule has 0 fully saturated rings. The average molecular weight is 396 g/mol. The fourth-order valence-corrected chi connectivity index (χ4v) is 3.07.